The number of fused-ring (bicyclic) bond motifs is 1. The molecule has 4 nitrogen and oxygen atoms in total. The van der Waals surface area contributed by atoms with Crippen molar-refractivity contribution in [3.8, 4) is 0 Å². The average molecular weight is 248 g/mol. The van der Waals surface area contributed by atoms with Crippen LogP contribution < -0.4 is 5.73 Å². The van der Waals surface area contributed by atoms with Crippen LogP contribution >= 0.6 is 0 Å². The molecular weight excluding hydrogens is 228 g/mol. The maximum absolute atomic E-state index is 12.3. The van der Waals surface area contributed by atoms with E-state index in [2.05, 4.69) is 4.98 Å². The summed E-state index contributed by atoms with van der Waals surface area (Å²) in [6.45, 7) is 5.56. The van der Waals surface area contributed by atoms with Crippen LogP contribution in [0.3, 0.4) is 0 Å². The smallest absolute Gasteiger partial charge is 0.331 e. The summed E-state index contributed by atoms with van der Waals surface area (Å²) in [5.41, 5.74) is 6.69. The van der Waals surface area contributed by atoms with E-state index in [0.717, 1.165) is 24.0 Å². The molecule has 0 radical (unpaired) electrons. The number of carbonyl (C=O) groups excluding carboxylic acids is 1. The monoisotopic (exact) mass is 248 g/mol. The third-order valence-corrected chi connectivity index (χ3v) is 3.16. The van der Waals surface area contributed by atoms with Gasteiger partial charge in [-0.2, -0.15) is 0 Å². The topological polar surface area (TPSA) is 65.2 Å². The van der Waals surface area contributed by atoms with Crippen molar-refractivity contribution < 1.29 is 9.53 Å². The number of carbonyl (C=O) groups is 1. The van der Waals surface area contributed by atoms with Crippen LogP contribution in [0.1, 0.15) is 44.7 Å². The summed E-state index contributed by atoms with van der Waals surface area (Å²) in [5.74, 6) is -0.345. The van der Waals surface area contributed by atoms with Crippen molar-refractivity contribution in [1.29, 1.82) is 0 Å². The van der Waals surface area contributed by atoms with Crippen LogP contribution in [0.15, 0.2) is 18.5 Å². The first kappa shape index (κ1) is 13.0. The van der Waals surface area contributed by atoms with E-state index in [-0.39, 0.29) is 5.97 Å². The van der Waals surface area contributed by atoms with Gasteiger partial charge in [0.05, 0.1) is 0 Å². The lowest BCUT2D eigenvalue weighted by atomic mass is 9.78. The summed E-state index contributed by atoms with van der Waals surface area (Å²) in [6.07, 6.45) is 5.90. The summed E-state index contributed by atoms with van der Waals surface area (Å²) >= 11 is 0. The molecule has 0 saturated heterocycles. The number of nitrogens with zero attached hydrogens (tertiary/aromatic N) is 1. The van der Waals surface area contributed by atoms with Crippen LogP contribution in [0, 0.1) is 0 Å². The number of hydrogen-bond donors (Lipinski definition) is 1. The fourth-order valence-electron chi connectivity index (χ4n) is 2.34. The van der Waals surface area contributed by atoms with Gasteiger partial charge in [-0.3, -0.25) is 4.98 Å². The van der Waals surface area contributed by atoms with Crippen molar-refractivity contribution >= 4 is 5.97 Å². The van der Waals surface area contributed by atoms with E-state index in [0.29, 0.717) is 6.42 Å². The van der Waals surface area contributed by atoms with Crippen molar-refractivity contribution in [3.05, 3.63) is 29.6 Å². The lowest BCUT2D eigenvalue weighted by molar-refractivity contribution is -0.162. The molecular formula is C14H20N2O2. The van der Waals surface area contributed by atoms with Gasteiger partial charge in [-0.15, -0.1) is 0 Å². The Hall–Kier alpha value is -1.42. The number of ether oxygens (including phenoxy) is 1. The van der Waals surface area contributed by atoms with Gasteiger partial charge in [-0.05, 0) is 57.2 Å². The third kappa shape index (κ3) is 2.38. The first-order valence-corrected chi connectivity index (χ1v) is 6.29. The quantitative estimate of drug-likeness (QED) is 0.771. The molecule has 2 N–H and O–H groups in total. The number of aryl methyl sites for hydroxylation is 1. The van der Waals surface area contributed by atoms with E-state index in [9.17, 15) is 4.79 Å². The van der Waals surface area contributed by atoms with Crippen LogP contribution in [-0.4, -0.2) is 16.6 Å². The molecule has 1 atom stereocenters. The molecule has 1 aliphatic carbocycles. The predicted octanol–water partition coefficient (Wildman–Crippen LogP) is 1.91. The number of hydrogen-bond acceptors (Lipinski definition) is 4. The highest BCUT2D eigenvalue weighted by Gasteiger charge is 2.42. The SMILES string of the molecule is CC(C)(C)OC(=O)C1(N)CCCc2cnccc21. The zero-order chi connectivity index (χ0) is 13.4. The molecule has 1 aromatic rings. The number of esters is 1. The van der Waals surface area contributed by atoms with Crippen LogP contribution in [-0.2, 0) is 21.5 Å². The van der Waals surface area contributed by atoms with Crippen LogP contribution in [0.25, 0.3) is 0 Å². The van der Waals surface area contributed by atoms with E-state index in [4.69, 9.17) is 10.5 Å². The van der Waals surface area contributed by atoms with Crippen molar-refractivity contribution in [2.24, 2.45) is 5.73 Å². The zero-order valence-corrected chi connectivity index (χ0v) is 11.2. The van der Waals surface area contributed by atoms with Crippen LogP contribution in [0.5, 0.6) is 0 Å². The van der Waals surface area contributed by atoms with E-state index in [1.165, 1.54) is 0 Å². The summed E-state index contributed by atoms with van der Waals surface area (Å²) in [4.78, 5) is 16.4. The Morgan fingerprint density at radius 2 is 2.22 bits per heavy atom. The molecule has 2 rings (SSSR count). The fraction of sp³-hybridized carbons (Fsp3) is 0.571. The second-order valence-corrected chi connectivity index (χ2v) is 5.86. The predicted molar refractivity (Wildman–Crippen MR) is 68.9 cm³/mol. The first-order valence-electron chi connectivity index (χ1n) is 6.29. The molecule has 1 heterocycles. The van der Waals surface area contributed by atoms with Crippen molar-refractivity contribution in [2.45, 2.75) is 51.2 Å². The summed E-state index contributed by atoms with van der Waals surface area (Å²) in [6, 6.07) is 1.83. The normalized spacial score (nSPS) is 23.3. The van der Waals surface area contributed by atoms with E-state index >= 15 is 0 Å². The Balaban J connectivity index is 2.35. The van der Waals surface area contributed by atoms with Gasteiger partial charge in [0.15, 0.2) is 0 Å². The molecule has 0 bridgehead atoms. The Labute approximate surface area is 108 Å². The number of rotatable bonds is 1. The maximum Gasteiger partial charge on any atom is 0.331 e. The molecule has 1 unspecified atom stereocenters. The maximum atomic E-state index is 12.3. The van der Waals surface area contributed by atoms with Gasteiger partial charge >= 0.3 is 5.97 Å². The molecule has 0 aliphatic heterocycles. The van der Waals surface area contributed by atoms with E-state index in [1.807, 2.05) is 26.8 Å². The molecule has 0 fully saturated rings. The summed E-state index contributed by atoms with van der Waals surface area (Å²) in [7, 11) is 0. The second kappa shape index (κ2) is 4.35. The van der Waals surface area contributed by atoms with Gasteiger partial charge in [0, 0.05) is 12.4 Å². The second-order valence-electron chi connectivity index (χ2n) is 5.86. The van der Waals surface area contributed by atoms with Gasteiger partial charge in [0.25, 0.3) is 0 Å². The van der Waals surface area contributed by atoms with Gasteiger partial charge in [0.2, 0.25) is 0 Å². The molecule has 0 spiro atoms. The molecule has 98 valence electrons. The van der Waals surface area contributed by atoms with Crippen molar-refractivity contribution in [1.82, 2.24) is 4.98 Å². The minimum atomic E-state index is -1.02. The molecule has 4 heteroatoms. The highest BCUT2D eigenvalue weighted by molar-refractivity contribution is 5.83. The number of aromatic nitrogens is 1. The Morgan fingerprint density at radius 1 is 1.50 bits per heavy atom. The minimum absolute atomic E-state index is 0.345. The van der Waals surface area contributed by atoms with Gasteiger partial charge in [-0.1, -0.05) is 0 Å². The van der Waals surface area contributed by atoms with Gasteiger partial charge in [0.1, 0.15) is 11.1 Å². The molecule has 0 amide bonds. The average Bonchev–Trinajstić information content (AvgIpc) is 2.27. The number of pyridine rings is 1. The van der Waals surface area contributed by atoms with Gasteiger partial charge < -0.3 is 10.5 Å². The van der Waals surface area contributed by atoms with E-state index < -0.39 is 11.1 Å². The molecule has 0 saturated carbocycles. The Morgan fingerprint density at radius 3 is 2.89 bits per heavy atom. The van der Waals surface area contributed by atoms with Crippen LogP contribution in [0.4, 0.5) is 0 Å². The summed E-state index contributed by atoms with van der Waals surface area (Å²) in [5, 5.41) is 0. The standard InChI is InChI=1S/C14H20N2O2/c1-13(2,3)18-12(17)14(15)7-4-5-10-9-16-8-6-11(10)14/h6,8-9H,4-5,7,15H2,1-3H3. The molecule has 1 aliphatic rings. The van der Waals surface area contributed by atoms with E-state index in [1.54, 1.807) is 12.4 Å². The molecule has 1 aromatic heterocycles. The molecule has 18 heavy (non-hydrogen) atoms. The first-order chi connectivity index (χ1) is 8.33. The fourth-order valence-corrected chi connectivity index (χ4v) is 2.34. The Kier molecular flexibility index (Phi) is 3.15. The lowest BCUT2D eigenvalue weighted by Gasteiger charge is -2.35. The third-order valence-electron chi connectivity index (χ3n) is 3.16. The highest BCUT2D eigenvalue weighted by atomic mass is 16.6. The van der Waals surface area contributed by atoms with Crippen LogP contribution in [0.2, 0.25) is 0 Å². The number of nitrogens with two attached hydrogens (primary N) is 1. The highest BCUT2D eigenvalue weighted by Crippen LogP contribution is 2.34. The lowest BCUT2D eigenvalue weighted by Crippen LogP contribution is -2.50. The minimum Gasteiger partial charge on any atom is -0.458 e. The van der Waals surface area contributed by atoms with Crippen molar-refractivity contribution in [3.63, 3.8) is 0 Å². The summed E-state index contributed by atoms with van der Waals surface area (Å²) < 4.78 is 5.45. The van der Waals surface area contributed by atoms with Gasteiger partial charge in [-0.25, -0.2) is 4.79 Å². The molecule has 0 aromatic carbocycles. The van der Waals surface area contributed by atoms with Crippen molar-refractivity contribution in [2.75, 3.05) is 0 Å². The Bertz CT molecular complexity index is 465. The zero-order valence-electron chi connectivity index (χ0n) is 11.2. The largest absolute Gasteiger partial charge is 0.458 e.